The van der Waals surface area contributed by atoms with E-state index in [0.29, 0.717) is 6.54 Å². The van der Waals surface area contributed by atoms with Gasteiger partial charge in [-0.25, -0.2) is 0 Å². The van der Waals surface area contributed by atoms with Crippen molar-refractivity contribution in [2.45, 2.75) is 38.4 Å². The fourth-order valence-corrected chi connectivity index (χ4v) is 2.06. The van der Waals surface area contributed by atoms with E-state index in [-0.39, 0.29) is 23.5 Å². The van der Waals surface area contributed by atoms with E-state index >= 15 is 0 Å². The molecule has 4 nitrogen and oxygen atoms in total. The maximum absolute atomic E-state index is 11.5. The third-order valence-corrected chi connectivity index (χ3v) is 3.33. The number of ether oxygens (including phenoxy) is 1. The average Bonchev–Trinajstić information content (AvgIpc) is 2.28. The van der Waals surface area contributed by atoms with Crippen molar-refractivity contribution in [1.29, 1.82) is 0 Å². The molecule has 1 atom stereocenters. The highest BCUT2D eigenvalue weighted by atomic mass is 32.2. The molecule has 1 N–H and O–H groups in total. The maximum Gasteiger partial charge on any atom is 0.307 e. The molecular weight excluding hydrogens is 226 g/mol. The van der Waals surface area contributed by atoms with Crippen LogP contribution in [0.4, 0.5) is 0 Å². The van der Waals surface area contributed by atoms with Crippen LogP contribution in [0.2, 0.25) is 0 Å². The van der Waals surface area contributed by atoms with Crippen LogP contribution in [0.15, 0.2) is 0 Å². The van der Waals surface area contributed by atoms with Gasteiger partial charge in [-0.1, -0.05) is 13.3 Å². The molecule has 5 heteroatoms. The number of hydrogen-bond acceptors (Lipinski definition) is 4. The molecule has 94 valence electrons. The van der Waals surface area contributed by atoms with Crippen LogP contribution in [-0.4, -0.2) is 36.5 Å². The van der Waals surface area contributed by atoms with E-state index in [1.54, 1.807) is 11.8 Å². The van der Waals surface area contributed by atoms with Gasteiger partial charge in [0.1, 0.15) is 0 Å². The summed E-state index contributed by atoms with van der Waals surface area (Å²) in [6.45, 7) is 4.36. The number of rotatable bonds is 8. The Bertz CT molecular complexity index is 221. The minimum atomic E-state index is -0.299. The van der Waals surface area contributed by atoms with Gasteiger partial charge in [0, 0.05) is 6.54 Å². The summed E-state index contributed by atoms with van der Waals surface area (Å²) >= 11 is 1.65. The van der Waals surface area contributed by atoms with E-state index in [1.165, 1.54) is 7.11 Å². The lowest BCUT2D eigenvalue weighted by Crippen LogP contribution is -2.32. The van der Waals surface area contributed by atoms with Gasteiger partial charge in [-0.3, -0.25) is 9.59 Å². The number of nitrogens with one attached hydrogen (secondary N) is 1. The third-order valence-electron chi connectivity index (χ3n) is 2.09. The predicted molar refractivity (Wildman–Crippen MR) is 66.5 cm³/mol. The molecule has 0 radical (unpaired) electrons. The van der Waals surface area contributed by atoms with Gasteiger partial charge < -0.3 is 10.1 Å². The van der Waals surface area contributed by atoms with Gasteiger partial charge >= 0.3 is 5.97 Å². The fraction of sp³-hybridized carbons (Fsp3) is 0.818. The van der Waals surface area contributed by atoms with E-state index in [0.717, 1.165) is 18.6 Å². The molecule has 0 rings (SSSR count). The van der Waals surface area contributed by atoms with E-state index in [1.807, 2.05) is 6.92 Å². The second kappa shape index (κ2) is 9.51. The van der Waals surface area contributed by atoms with Crippen LogP contribution in [0, 0.1) is 0 Å². The first-order valence-electron chi connectivity index (χ1n) is 5.58. The molecule has 0 aromatic heterocycles. The number of thioether (sulfide) groups is 1. The summed E-state index contributed by atoms with van der Waals surface area (Å²) in [5, 5.41) is 2.66. The van der Waals surface area contributed by atoms with Gasteiger partial charge in [-0.05, 0) is 19.1 Å². The molecule has 16 heavy (non-hydrogen) atoms. The van der Waals surface area contributed by atoms with Gasteiger partial charge in [0.2, 0.25) is 5.91 Å². The number of carbonyl (C=O) groups is 2. The number of methoxy groups -OCH3 is 1. The number of hydrogen-bond donors (Lipinski definition) is 1. The quantitative estimate of drug-likeness (QED) is 0.523. The van der Waals surface area contributed by atoms with Gasteiger partial charge in [0.15, 0.2) is 0 Å². The van der Waals surface area contributed by atoms with Crippen LogP contribution in [0.1, 0.15) is 33.1 Å². The Morgan fingerprint density at radius 2 is 2.12 bits per heavy atom. The SMILES string of the molecule is CCCCSC(C)C(=O)NCCC(=O)OC. The highest BCUT2D eigenvalue weighted by molar-refractivity contribution is 8.00. The molecule has 0 aliphatic rings. The van der Waals surface area contributed by atoms with Crippen molar-refractivity contribution in [3.8, 4) is 0 Å². The minimum absolute atomic E-state index is 0.00925. The zero-order valence-electron chi connectivity index (χ0n) is 10.2. The van der Waals surface area contributed by atoms with Crippen molar-refractivity contribution < 1.29 is 14.3 Å². The zero-order valence-corrected chi connectivity index (χ0v) is 11.1. The van der Waals surface area contributed by atoms with Crippen LogP contribution >= 0.6 is 11.8 Å². The van der Waals surface area contributed by atoms with Crippen LogP contribution in [0.5, 0.6) is 0 Å². The van der Waals surface area contributed by atoms with Crippen molar-refractivity contribution in [3.63, 3.8) is 0 Å². The lowest BCUT2D eigenvalue weighted by atomic mass is 10.4. The molecule has 1 amide bonds. The van der Waals surface area contributed by atoms with Crippen molar-refractivity contribution in [3.05, 3.63) is 0 Å². The fourth-order valence-electron chi connectivity index (χ4n) is 1.01. The van der Waals surface area contributed by atoms with Crippen molar-refractivity contribution in [2.75, 3.05) is 19.4 Å². The summed E-state index contributed by atoms with van der Waals surface area (Å²) < 4.78 is 4.48. The van der Waals surface area contributed by atoms with E-state index in [9.17, 15) is 9.59 Å². The summed E-state index contributed by atoms with van der Waals surface area (Å²) in [7, 11) is 1.34. The predicted octanol–water partition coefficient (Wildman–Crippen LogP) is 1.59. The lowest BCUT2D eigenvalue weighted by molar-refractivity contribution is -0.140. The number of unbranched alkanes of at least 4 members (excludes halogenated alkanes) is 1. The first-order valence-corrected chi connectivity index (χ1v) is 6.62. The topological polar surface area (TPSA) is 55.4 Å². The van der Waals surface area contributed by atoms with Crippen molar-refractivity contribution in [1.82, 2.24) is 5.32 Å². The molecule has 0 saturated heterocycles. The van der Waals surface area contributed by atoms with Gasteiger partial charge in [-0.2, -0.15) is 0 Å². The molecule has 0 fully saturated rings. The van der Waals surface area contributed by atoms with Crippen LogP contribution < -0.4 is 5.32 Å². The molecule has 0 saturated carbocycles. The summed E-state index contributed by atoms with van der Waals surface area (Å²) in [6.07, 6.45) is 2.50. The average molecular weight is 247 g/mol. The molecule has 0 aromatic carbocycles. The molecule has 0 spiro atoms. The van der Waals surface area contributed by atoms with E-state index < -0.39 is 0 Å². The highest BCUT2D eigenvalue weighted by Gasteiger charge is 2.12. The number of carbonyl (C=O) groups excluding carboxylic acids is 2. The molecule has 0 bridgehead atoms. The Morgan fingerprint density at radius 1 is 1.44 bits per heavy atom. The molecule has 1 unspecified atom stereocenters. The Hall–Kier alpha value is -0.710. The Morgan fingerprint density at radius 3 is 2.69 bits per heavy atom. The van der Waals surface area contributed by atoms with Crippen LogP contribution in [-0.2, 0) is 14.3 Å². The highest BCUT2D eigenvalue weighted by Crippen LogP contribution is 2.12. The van der Waals surface area contributed by atoms with Gasteiger partial charge in [-0.15, -0.1) is 11.8 Å². The summed E-state index contributed by atoms with van der Waals surface area (Å²) in [6, 6.07) is 0. The Kier molecular flexibility index (Phi) is 9.09. The smallest absolute Gasteiger partial charge is 0.307 e. The molecule has 0 aromatic rings. The van der Waals surface area contributed by atoms with Crippen molar-refractivity contribution in [2.24, 2.45) is 0 Å². The largest absolute Gasteiger partial charge is 0.469 e. The summed E-state index contributed by atoms with van der Waals surface area (Å²) in [4.78, 5) is 22.3. The molecule has 0 heterocycles. The third kappa shape index (κ3) is 7.56. The van der Waals surface area contributed by atoms with Crippen molar-refractivity contribution >= 4 is 23.6 Å². The van der Waals surface area contributed by atoms with Crippen LogP contribution in [0.3, 0.4) is 0 Å². The molecular formula is C11H21NO3S. The zero-order chi connectivity index (χ0) is 12.4. The molecule has 0 aliphatic carbocycles. The number of esters is 1. The second-order valence-electron chi connectivity index (χ2n) is 3.48. The summed E-state index contributed by atoms with van der Waals surface area (Å²) in [5.41, 5.74) is 0. The maximum atomic E-state index is 11.5. The Balaban J connectivity index is 3.58. The normalized spacial score (nSPS) is 11.9. The standard InChI is InChI=1S/C11H21NO3S/c1-4-5-8-16-9(2)11(14)12-7-6-10(13)15-3/h9H,4-8H2,1-3H3,(H,12,14). The Labute approximate surface area is 101 Å². The van der Waals surface area contributed by atoms with Gasteiger partial charge in [0.05, 0.1) is 18.8 Å². The van der Waals surface area contributed by atoms with Crippen LogP contribution in [0.25, 0.3) is 0 Å². The lowest BCUT2D eigenvalue weighted by Gasteiger charge is -2.11. The number of amides is 1. The molecule has 0 aliphatic heterocycles. The first kappa shape index (κ1) is 15.3. The monoisotopic (exact) mass is 247 g/mol. The minimum Gasteiger partial charge on any atom is -0.469 e. The van der Waals surface area contributed by atoms with Gasteiger partial charge in [0.25, 0.3) is 0 Å². The first-order chi connectivity index (χ1) is 7.61. The van der Waals surface area contributed by atoms with E-state index in [2.05, 4.69) is 17.0 Å². The summed E-state index contributed by atoms with van der Waals surface area (Å²) in [5.74, 6) is 0.693. The second-order valence-corrected chi connectivity index (χ2v) is 4.93. The van der Waals surface area contributed by atoms with E-state index in [4.69, 9.17) is 0 Å².